The van der Waals surface area contributed by atoms with Crippen molar-refractivity contribution in [3.05, 3.63) is 12.2 Å². The highest BCUT2D eigenvalue weighted by molar-refractivity contribution is 5.84. The molecule has 3 heteroatoms. The molecule has 0 spiro atoms. The van der Waals surface area contributed by atoms with E-state index < -0.39 is 6.10 Å². The van der Waals surface area contributed by atoms with Crippen LogP contribution in [0.1, 0.15) is 54.4 Å². The lowest BCUT2D eigenvalue weighted by Crippen LogP contribution is -2.49. The summed E-state index contributed by atoms with van der Waals surface area (Å²) in [6.07, 6.45) is 4.70. The van der Waals surface area contributed by atoms with Crippen LogP contribution in [0, 0.1) is 5.92 Å². The van der Waals surface area contributed by atoms with Crippen LogP contribution in [-0.2, 0) is 4.79 Å². The Bertz CT molecular complexity index is 251. The first kappa shape index (κ1) is 20.6. The van der Waals surface area contributed by atoms with Gasteiger partial charge in [0, 0.05) is 6.42 Å². The predicted octanol–water partition coefficient (Wildman–Crippen LogP) is 3.28. The molecule has 0 aromatic heterocycles. The highest BCUT2D eigenvalue weighted by Gasteiger charge is 2.31. The molecule has 0 unspecified atom stereocenters. The molecule has 3 atom stereocenters. The molecule has 0 aromatic rings. The summed E-state index contributed by atoms with van der Waals surface area (Å²) in [5, 5.41) is 10.3. The fraction of sp³-hybridized carbons (Fsp3) is 0.812. The lowest BCUT2D eigenvalue weighted by Gasteiger charge is -2.32. The molecule has 0 amide bonds. The molecule has 0 rings (SSSR count). The van der Waals surface area contributed by atoms with Crippen molar-refractivity contribution in [3.63, 3.8) is 0 Å². The Hall–Kier alpha value is -0.670. The van der Waals surface area contributed by atoms with Crippen LogP contribution in [0.3, 0.4) is 0 Å². The number of rotatable bonds is 8. The van der Waals surface area contributed by atoms with Gasteiger partial charge in [0.1, 0.15) is 0 Å². The predicted molar refractivity (Wildman–Crippen MR) is 83.3 cm³/mol. The fourth-order valence-electron chi connectivity index (χ4n) is 1.90. The number of carbonyl (C=O) groups excluding carboxylic acids is 1. The van der Waals surface area contributed by atoms with E-state index in [4.69, 9.17) is 0 Å². The number of hydrogen-bond acceptors (Lipinski definition) is 3. The average molecular weight is 271 g/mol. The van der Waals surface area contributed by atoms with Crippen LogP contribution in [0.5, 0.6) is 0 Å². The van der Waals surface area contributed by atoms with Gasteiger partial charge in [-0.2, -0.15) is 0 Å². The van der Waals surface area contributed by atoms with E-state index in [1.807, 2.05) is 65.6 Å². The molecule has 19 heavy (non-hydrogen) atoms. The fourth-order valence-corrected chi connectivity index (χ4v) is 1.90. The number of aliphatic hydroxyl groups is 1. The smallest absolute Gasteiger partial charge is 0.152 e. The summed E-state index contributed by atoms with van der Waals surface area (Å²) in [4.78, 5) is 13.8. The maximum absolute atomic E-state index is 11.9. The Morgan fingerprint density at radius 1 is 1.32 bits per heavy atom. The summed E-state index contributed by atoms with van der Waals surface area (Å²) >= 11 is 0. The third-order valence-corrected chi connectivity index (χ3v) is 3.30. The van der Waals surface area contributed by atoms with E-state index in [1.165, 1.54) is 0 Å². The topological polar surface area (TPSA) is 40.5 Å². The highest BCUT2D eigenvalue weighted by Crippen LogP contribution is 2.17. The molecule has 0 aliphatic rings. The molecule has 3 nitrogen and oxygen atoms in total. The minimum Gasteiger partial charge on any atom is -0.391 e. The second kappa shape index (κ2) is 12.4. The summed E-state index contributed by atoms with van der Waals surface area (Å²) in [5.74, 6) is 0.217. The SMILES string of the molecule is C/C=C/C[C@@H](C)[C@@H](O)[C@@H](C(=O)CC)N(C)CC.CC. The maximum Gasteiger partial charge on any atom is 0.152 e. The third-order valence-electron chi connectivity index (χ3n) is 3.30. The van der Waals surface area contributed by atoms with Crippen molar-refractivity contribution < 1.29 is 9.90 Å². The molecule has 0 radical (unpaired) electrons. The molecule has 1 N–H and O–H groups in total. The van der Waals surface area contributed by atoms with Crippen molar-refractivity contribution in [3.8, 4) is 0 Å². The monoisotopic (exact) mass is 271 g/mol. The molecule has 0 aromatic carbocycles. The Morgan fingerprint density at radius 3 is 2.21 bits per heavy atom. The van der Waals surface area contributed by atoms with Crippen molar-refractivity contribution in [2.45, 2.75) is 66.5 Å². The number of aliphatic hydroxyl groups excluding tert-OH is 1. The number of allylic oxidation sites excluding steroid dienone is 2. The van der Waals surface area contributed by atoms with E-state index in [1.54, 1.807) is 0 Å². The molecule has 0 aliphatic heterocycles. The number of likely N-dealkylation sites (N-methyl/N-ethyl adjacent to an activating group) is 1. The number of hydrogen-bond donors (Lipinski definition) is 1. The molecule has 0 fully saturated rings. The Balaban J connectivity index is 0. The van der Waals surface area contributed by atoms with Gasteiger partial charge < -0.3 is 5.11 Å². The first-order valence-corrected chi connectivity index (χ1v) is 7.51. The zero-order valence-corrected chi connectivity index (χ0v) is 13.8. The van der Waals surface area contributed by atoms with Crippen LogP contribution >= 0.6 is 0 Å². The van der Waals surface area contributed by atoms with Crippen molar-refractivity contribution in [2.24, 2.45) is 5.92 Å². The quantitative estimate of drug-likeness (QED) is 0.689. The summed E-state index contributed by atoms with van der Waals surface area (Å²) in [6, 6.07) is -0.370. The van der Waals surface area contributed by atoms with Crippen LogP contribution in [0.15, 0.2) is 12.2 Å². The third kappa shape index (κ3) is 7.48. The molecular formula is C16H33NO2. The van der Waals surface area contributed by atoms with Crippen molar-refractivity contribution >= 4 is 5.78 Å². The highest BCUT2D eigenvalue weighted by atomic mass is 16.3. The largest absolute Gasteiger partial charge is 0.391 e. The molecule has 0 aliphatic carbocycles. The molecule has 114 valence electrons. The minimum atomic E-state index is -0.594. The molecule has 0 heterocycles. The van der Waals surface area contributed by atoms with Crippen LogP contribution in [-0.4, -0.2) is 41.5 Å². The van der Waals surface area contributed by atoms with Gasteiger partial charge in [-0.3, -0.25) is 9.69 Å². The van der Waals surface area contributed by atoms with Crippen molar-refractivity contribution in [1.82, 2.24) is 4.90 Å². The van der Waals surface area contributed by atoms with E-state index in [0.29, 0.717) is 6.42 Å². The van der Waals surface area contributed by atoms with Crippen LogP contribution in [0.2, 0.25) is 0 Å². The van der Waals surface area contributed by atoms with E-state index in [9.17, 15) is 9.90 Å². The van der Waals surface area contributed by atoms with Crippen LogP contribution < -0.4 is 0 Å². The van der Waals surface area contributed by atoms with Gasteiger partial charge in [-0.25, -0.2) is 0 Å². The van der Waals surface area contributed by atoms with Gasteiger partial charge in [0.25, 0.3) is 0 Å². The molecule has 0 saturated heterocycles. The Kier molecular flexibility index (Phi) is 13.4. The van der Waals surface area contributed by atoms with E-state index in [0.717, 1.165) is 13.0 Å². The maximum atomic E-state index is 11.9. The van der Waals surface area contributed by atoms with Gasteiger partial charge in [0.15, 0.2) is 5.78 Å². The number of ketones is 1. The Labute approximate surface area is 119 Å². The van der Waals surface area contributed by atoms with Crippen molar-refractivity contribution in [2.75, 3.05) is 13.6 Å². The molecule has 0 saturated carbocycles. The summed E-state index contributed by atoms with van der Waals surface area (Å²) in [6.45, 7) is 12.6. The lowest BCUT2D eigenvalue weighted by atomic mass is 9.90. The van der Waals surface area contributed by atoms with Gasteiger partial charge in [-0.1, -0.05) is 46.8 Å². The zero-order valence-electron chi connectivity index (χ0n) is 13.8. The zero-order chi connectivity index (χ0) is 15.4. The number of Topliss-reactive ketones (excluding diaryl/α,β-unsaturated/α-hetero) is 1. The van der Waals surface area contributed by atoms with E-state index in [-0.39, 0.29) is 17.7 Å². The average Bonchev–Trinajstić information content (AvgIpc) is 2.46. The van der Waals surface area contributed by atoms with Crippen molar-refractivity contribution in [1.29, 1.82) is 0 Å². The normalized spacial score (nSPS) is 15.8. The summed E-state index contributed by atoms with van der Waals surface area (Å²) in [5.41, 5.74) is 0. The Morgan fingerprint density at radius 2 is 1.84 bits per heavy atom. The summed E-state index contributed by atoms with van der Waals surface area (Å²) < 4.78 is 0. The van der Waals surface area contributed by atoms with Gasteiger partial charge >= 0.3 is 0 Å². The second-order valence-electron chi connectivity index (χ2n) is 4.61. The van der Waals surface area contributed by atoms with Gasteiger partial charge in [0.2, 0.25) is 0 Å². The second-order valence-corrected chi connectivity index (χ2v) is 4.61. The van der Waals surface area contributed by atoms with E-state index >= 15 is 0 Å². The first-order chi connectivity index (χ1) is 8.99. The minimum absolute atomic E-state index is 0.0979. The molecule has 0 bridgehead atoms. The summed E-state index contributed by atoms with van der Waals surface area (Å²) in [7, 11) is 1.89. The standard InChI is InChI=1S/C14H27NO2.C2H6/c1-6-9-10-11(4)14(17)13(12(16)7-2)15(5)8-3;1-2/h6,9,11,13-14,17H,7-8,10H2,1-5H3;1-2H3/b9-6+;/t11-,13-,14-;/m1./s1. The van der Waals surface area contributed by atoms with Crippen LogP contribution in [0.25, 0.3) is 0 Å². The van der Waals surface area contributed by atoms with Gasteiger partial charge in [-0.15, -0.1) is 0 Å². The lowest BCUT2D eigenvalue weighted by molar-refractivity contribution is -0.128. The van der Waals surface area contributed by atoms with E-state index in [2.05, 4.69) is 0 Å². The first-order valence-electron chi connectivity index (χ1n) is 7.51. The number of nitrogens with zero attached hydrogens (tertiary/aromatic N) is 1. The molecular weight excluding hydrogens is 238 g/mol. The number of carbonyl (C=O) groups is 1. The van der Waals surface area contributed by atoms with Gasteiger partial charge in [-0.05, 0) is 32.9 Å². The van der Waals surface area contributed by atoms with Gasteiger partial charge in [0.05, 0.1) is 12.1 Å². The van der Waals surface area contributed by atoms with Crippen LogP contribution in [0.4, 0.5) is 0 Å².